The van der Waals surface area contributed by atoms with Crippen LogP contribution in [0.3, 0.4) is 0 Å². The summed E-state index contributed by atoms with van der Waals surface area (Å²) in [6.45, 7) is 1.51. The van der Waals surface area contributed by atoms with Crippen molar-refractivity contribution in [2.45, 2.75) is 19.4 Å². The molecule has 4 heteroatoms. The van der Waals surface area contributed by atoms with Crippen molar-refractivity contribution in [3.63, 3.8) is 0 Å². The van der Waals surface area contributed by atoms with Gasteiger partial charge in [-0.05, 0) is 32.0 Å². The van der Waals surface area contributed by atoms with E-state index in [1.165, 1.54) is 0 Å². The number of halogens is 1. The fourth-order valence-electron chi connectivity index (χ4n) is 1.42. The summed E-state index contributed by atoms with van der Waals surface area (Å²) in [5, 5.41) is 12.4. The zero-order valence-corrected chi connectivity index (χ0v) is 10.3. The van der Waals surface area contributed by atoms with Crippen molar-refractivity contribution in [3.05, 3.63) is 28.8 Å². The van der Waals surface area contributed by atoms with Crippen LogP contribution in [-0.4, -0.2) is 25.4 Å². The van der Waals surface area contributed by atoms with Crippen molar-refractivity contribution < 1.29 is 9.84 Å². The Morgan fingerprint density at radius 1 is 1.38 bits per heavy atom. The van der Waals surface area contributed by atoms with Crippen LogP contribution in [0.25, 0.3) is 0 Å². The smallest absolute Gasteiger partial charge is 0.125 e. The Labute approximate surface area is 101 Å². The molecule has 0 saturated carbocycles. The monoisotopic (exact) mass is 243 g/mol. The van der Waals surface area contributed by atoms with Gasteiger partial charge in [0.05, 0.1) is 6.61 Å². The predicted octanol–water partition coefficient (Wildman–Crippen LogP) is 2.21. The molecule has 0 fully saturated rings. The van der Waals surface area contributed by atoms with Crippen LogP contribution in [0.5, 0.6) is 5.75 Å². The molecule has 0 spiro atoms. The fourth-order valence-corrected chi connectivity index (χ4v) is 1.65. The van der Waals surface area contributed by atoms with E-state index >= 15 is 0 Å². The number of ether oxygens (including phenoxy) is 1. The van der Waals surface area contributed by atoms with Gasteiger partial charge >= 0.3 is 0 Å². The van der Waals surface area contributed by atoms with Crippen LogP contribution in [0.1, 0.15) is 18.4 Å². The molecule has 0 aromatic heterocycles. The molecule has 2 N–H and O–H groups in total. The minimum absolute atomic E-state index is 0.211. The van der Waals surface area contributed by atoms with E-state index in [0.29, 0.717) is 18.2 Å². The van der Waals surface area contributed by atoms with Crippen LogP contribution in [0.4, 0.5) is 0 Å². The summed E-state index contributed by atoms with van der Waals surface area (Å²) in [5.74, 6) is 0.819. The van der Waals surface area contributed by atoms with E-state index in [2.05, 4.69) is 5.32 Å². The van der Waals surface area contributed by atoms with E-state index in [0.717, 1.165) is 24.2 Å². The molecule has 0 bridgehead atoms. The summed E-state index contributed by atoms with van der Waals surface area (Å²) in [4.78, 5) is 0. The Bertz CT molecular complexity index is 318. The first-order valence-corrected chi connectivity index (χ1v) is 5.83. The number of aliphatic hydroxyl groups excluding tert-OH is 1. The van der Waals surface area contributed by atoms with Gasteiger partial charge in [-0.1, -0.05) is 17.7 Å². The van der Waals surface area contributed by atoms with Gasteiger partial charge in [0.2, 0.25) is 0 Å². The summed E-state index contributed by atoms with van der Waals surface area (Å²) in [6, 6.07) is 5.65. The summed E-state index contributed by atoms with van der Waals surface area (Å²) in [7, 11) is 1.87. The Kier molecular flexibility index (Phi) is 6.23. The number of benzene rings is 1. The van der Waals surface area contributed by atoms with Crippen molar-refractivity contribution in [3.8, 4) is 5.75 Å². The molecular formula is C12H18ClNO2. The lowest BCUT2D eigenvalue weighted by Crippen LogP contribution is -2.09. The van der Waals surface area contributed by atoms with Crippen molar-refractivity contribution >= 4 is 11.6 Å². The molecule has 0 amide bonds. The minimum Gasteiger partial charge on any atom is -0.493 e. The first kappa shape index (κ1) is 13.3. The number of hydrogen-bond acceptors (Lipinski definition) is 3. The van der Waals surface area contributed by atoms with Gasteiger partial charge in [-0.25, -0.2) is 0 Å². The molecule has 16 heavy (non-hydrogen) atoms. The topological polar surface area (TPSA) is 41.5 Å². The van der Waals surface area contributed by atoms with Crippen LogP contribution in [0.15, 0.2) is 18.2 Å². The second-order valence-corrected chi connectivity index (χ2v) is 3.93. The molecule has 0 radical (unpaired) electrons. The molecule has 0 aliphatic carbocycles. The zero-order chi connectivity index (χ0) is 11.8. The van der Waals surface area contributed by atoms with E-state index < -0.39 is 0 Å². The maximum absolute atomic E-state index is 8.66. The third kappa shape index (κ3) is 4.00. The summed E-state index contributed by atoms with van der Waals surface area (Å²) in [6.07, 6.45) is 1.62. The Morgan fingerprint density at radius 3 is 2.88 bits per heavy atom. The van der Waals surface area contributed by atoms with E-state index in [9.17, 15) is 0 Å². The molecule has 0 aliphatic rings. The van der Waals surface area contributed by atoms with Crippen LogP contribution in [-0.2, 0) is 6.54 Å². The van der Waals surface area contributed by atoms with Gasteiger partial charge in [0.15, 0.2) is 0 Å². The van der Waals surface area contributed by atoms with Crippen molar-refractivity contribution in [2.24, 2.45) is 0 Å². The van der Waals surface area contributed by atoms with E-state index in [1.54, 1.807) is 0 Å². The number of rotatable bonds is 7. The van der Waals surface area contributed by atoms with Gasteiger partial charge in [-0.3, -0.25) is 0 Å². The fraction of sp³-hybridized carbons (Fsp3) is 0.500. The van der Waals surface area contributed by atoms with Crippen molar-refractivity contribution in [1.29, 1.82) is 0 Å². The zero-order valence-electron chi connectivity index (χ0n) is 9.50. The van der Waals surface area contributed by atoms with Gasteiger partial charge in [-0.2, -0.15) is 0 Å². The van der Waals surface area contributed by atoms with E-state index in [1.807, 2.05) is 25.2 Å². The SMILES string of the molecule is CNCc1c(Cl)cccc1OCCCCO. The number of unbranched alkanes of at least 4 members (excludes halogenated alkanes) is 1. The largest absolute Gasteiger partial charge is 0.493 e. The average Bonchev–Trinajstić information content (AvgIpc) is 2.29. The molecule has 1 aromatic carbocycles. The third-order valence-corrected chi connectivity index (χ3v) is 2.59. The third-order valence-electron chi connectivity index (χ3n) is 2.24. The number of aliphatic hydroxyl groups is 1. The Hall–Kier alpha value is -0.770. The lowest BCUT2D eigenvalue weighted by atomic mass is 10.2. The molecule has 0 aliphatic heterocycles. The van der Waals surface area contributed by atoms with Gasteiger partial charge in [-0.15, -0.1) is 0 Å². The molecule has 3 nitrogen and oxygen atoms in total. The van der Waals surface area contributed by atoms with Crippen molar-refractivity contribution in [1.82, 2.24) is 5.32 Å². The molecular weight excluding hydrogens is 226 g/mol. The van der Waals surface area contributed by atoms with Crippen LogP contribution < -0.4 is 10.1 Å². The Morgan fingerprint density at radius 2 is 2.19 bits per heavy atom. The van der Waals surface area contributed by atoms with Gasteiger partial charge in [0.1, 0.15) is 5.75 Å². The van der Waals surface area contributed by atoms with E-state index in [-0.39, 0.29) is 6.61 Å². The lowest BCUT2D eigenvalue weighted by Gasteiger charge is -2.12. The highest BCUT2D eigenvalue weighted by Crippen LogP contribution is 2.26. The van der Waals surface area contributed by atoms with Crippen LogP contribution >= 0.6 is 11.6 Å². The molecule has 0 heterocycles. The average molecular weight is 244 g/mol. The molecule has 90 valence electrons. The predicted molar refractivity (Wildman–Crippen MR) is 66.0 cm³/mol. The number of hydrogen-bond donors (Lipinski definition) is 2. The lowest BCUT2D eigenvalue weighted by molar-refractivity contribution is 0.252. The summed E-state index contributed by atoms with van der Waals surface area (Å²) in [5.41, 5.74) is 0.982. The second kappa shape index (κ2) is 7.49. The summed E-state index contributed by atoms with van der Waals surface area (Å²) >= 11 is 6.09. The summed E-state index contributed by atoms with van der Waals surface area (Å²) < 4.78 is 5.64. The number of nitrogens with one attached hydrogen (secondary N) is 1. The van der Waals surface area contributed by atoms with Crippen molar-refractivity contribution in [2.75, 3.05) is 20.3 Å². The highest BCUT2D eigenvalue weighted by Gasteiger charge is 2.06. The minimum atomic E-state index is 0.211. The second-order valence-electron chi connectivity index (χ2n) is 3.53. The molecule has 0 saturated heterocycles. The highest BCUT2D eigenvalue weighted by molar-refractivity contribution is 6.31. The van der Waals surface area contributed by atoms with Gasteiger partial charge in [0.25, 0.3) is 0 Å². The van der Waals surface area contributed by atoms with Crippen LogP contribution in [0.2, 0.25) is 5.02 Å². The Balaban J connectivity index is 2.59. The molecule has 0 unspecified atom stereocenters. The van der Waals surface area contributed by atoms with Gasteiger partial charge in [0, 0.05) is 23.7 Å². The van der Waals surface area contributed by atoms with Crippen LogP contribution in [0, 0.1) is 0 Å². The first-order chi connectivity index (χ1) is 7.79. The quantitative estimate of drug-likeness (QED) is 0.722. The molecule has 0 atom stereocenters. The normalized spacial score (nSPS) is 10.4. The van der Waals surface area contributed by atoms with Gasteiger partial charge < -0.3 is 15.2 Å². The molecule has 1 aromatic rings. The highest BCUT2D eigenvalue weighted by atomic mass is 35.5. The maximum atomic E-state index is 8.66. The standard InChI is InChI=1S/C12H18ClNO2/c1-14-9-10-11(13)5-4-6-12(10)16-8-3-2-7-15/h4-6,14-15H,2-3,7-9H2,1H3. The first-order valence-electron chi connectivity index (χ1n) is 5.45. The molecule has 1 rings (SSSR count). The van der Waals surface area contributed by atoms with E-state index in [4.69, 9.17) is 21.4 Å². The maximum Gasteiger partial charge on any atom is 0.125 e.